The highest BCUT2D eigenvalue weighted by Crippen LogP contribution is 2.30. The maximum absolute atomic E-state index is 14.1. The second kappa shape index (κ2) is 19.7. The van der Waals surface area contributed by atoms with Crippen molar-refractivity contribution in [3.05, 3.63) is 114 Å². The van der Waals surface area contributed by atoms with Crippen LogP contribution in [0.5, 0.6) is 0 Å². The number of unbranched alkanes of at least 4 members (excludes halogenated alkanes) is 2. The molecule has 5 nitrogen and oxygen atoms in total. The average Bonchev–Trinajstić information content (AvgIpc) is 2.98. The van der Waals surface area contributed by atoms with E-state index in [1.807, 2.05) is 39.8 Å². The van der Waals surface area contributed by atoms with Gasteiger partial charge in [-0.15, -0.1) is 0 Å². The number of carbonyl (C=O) groups is 1. The molecule has 1 amide bonds. The molecule has 0 radical (unpaired) electrons. The molecule has 1 saturated heterocycles. The number of nitrogens with zero attached hydrogens (tertiary/aromatic N) is 3. The van der Waals surface area contributed by atoms with E-state index in [2.05, 4.69) is 75.0 Å². The Balaban J connectivity index is 0.00000149. The summed E-state index contributed by atoms with van der Waals surface area (Å²) in [6, 6.07) is 3.42. The second-order valence-corrected chi connectivity index (χ2v) is 13.3. The molecule has 1 aromatic carbocycles. The zero-order valence-electron chi connectivity index (χ0n) is 30.5. The number of aliphatic imine (C=N–C) groups is 1. The predicted octanol–water partition coefficient (Wildman–Crippen LogP) is 11.1. The Morgan fingerprint density at radius 2 is 1.77 bits per heavy atom. The van der Waals surface area contributed by atoms with Crippen LogP contribution in [0.15, 0.2) is 101 Å². The largest absolute Gasteiger partial charge is 0.444 e. The van der Waals surface area contributed by atoms with Crippen LogP contribution in [0.2, 0.25) is 0 Å². The molecule has 1 atom stereocenters. The number of piperazine rings is 1. The molecule has 48 heavy (non-hydrogen) atoms. The van der Waals surface area contributed by atoms with E-state index in [1.54, 1.807) is 4.90 Å². The van der Waals surface area contributed by atoms with Gasteiger partial charge < -0.3 is 14.5 Å². The van der Waals surface area contributed by atoms with Crippen molar-refractivity contribution in [1.29, 1.82) is 0 Å². The van der Waals surface area contributed by atoms with Crippen molar-refractivity contribution in [3.63, 3.8) is 0 Å². The van der Waals surface area contributed by atoms with E-state index >= 15 is 0 Å². The molecule has 1 aliphatic heterocycles. The first-order chi connectivity index (χ1) is 22.7. The maximum Gasteiger partial charge on any atom is 0.410 e. The summed E-state index contributed by atoms with van der Waals surface area (Å²) in [5.41, 5.74) is 5.21. The van der Waals surface area contributed by atoms with Crippen molar-refractivity contribution in [2.75, 3.05) is 19.6 Å². The Morgan fingerprint density at radius 1 is 1.12 bits per heavy atom. The minimum atomic E-state index is -0.657. The molecule has 262 valence electrons. The van der Waals surface area contributed by atoms with Gasteiger partial charge in [0.05, 0.1) is 5.71 Å². The highest BCUT2D eigenvalue weighted by molar-refractivity contribution is 6.09. The molecule has 0 bridgehead atoms. The minimum Gasteiger partial charge on any atom is -0.444 e. The fourth-order valence-electron chi connectivity index (χ4n) is 5.58. The number of rotatable bonds is 13. The molecule has 0 saturated carbocycles. The van der Waals surface area contributed by atoms with Gasteiger partial charge in [0.25, 0.3) is 0 Å². The van der Waals surface area contributed by atoms with Crippen LogP contribution in [-0.4, -0.2) is 52.9 Å². The molecular formula is C41H57F2N3O2. The van der Waals surface area contributed by atoms with E-state index in [1.165, 1.54) is 43.2 Å². The van der Waals surface area contributed by atoms with E-state index in [-0.39, 0.29) is 18.6 Å². The molecule has 1 fully saturated rings. The predicted molar refractivity (Wildman–Crippen MR) is 199 cm³/mol. The number of halogens is 2. The summed E-state index contributed by atoms with van der Waals surface area (Å²) < 4.78 is 33.7. The van der Waals surface area contributed by atoms with Gasteiger partial charge in [-0.1, -0.05) is 82.7 Å². The van der Waals surface area contributed by atoms with E-state index in [4.69, 9.17) is 4.74 Å². The van der Waals surface area contributed by atoms with Gasteiger partial charge in [0.2, 0.25) is 0 Å². The number of amides is 1. The first kappa shape index (κ1) is 40.2. The van der Waals surface area contributed by atoms with E-state index < -0.39 is 17.2 Å². The number of allylic oxidation sites excluding steroid dienone is 11. The SMILES string of the molecule is C=CN=C(CC(=C)c1cc(F)cc(F)c1)C(/C(=C\C)/C=C/CCC1=CC=C1)=C(\C)N1CCN(C(=O)OC(C)(C)C)C[C@@H]1C.CCCCC. The Bertz CT molecular complexity index is 1430. The quantitative estimate of drug-likeness (QED) is 0.156. The zero-order chi connectivity index (χ0) is 35.9. The topological polar surface area (TPSA) is 45.1 Å². The third-order valence-electron chi connectivity index (χ3n) is 8.08. The number of hydrogen-bond donors (Lipinski definition) is 0. The van der Waals surface area contributed by atoms with Crippen LogP contribution in [-0.2, 0) is 4.74 Å². The van der Waals surface area contributed by atoms with Crippen LogP contribution in [0.4, 0.5) is 13.6 Å². The Hall–Kier alpha value is -4.00. The molecule has 7 heteroatoms. The lowest BCUT2D eigenvalue weighted by molar-refractivity contribution is 0.0101. The number of carbonyl (C=O) groups excluding carboxylic acids is 1. The summed E-state index contributed by atoms with van der Waals surface area (Å²) in [4.78, 5) is 21.5. The summed E-state index contributed by atoms with van der Waals surface area (Å²) >= 11 is 0. The highest BCUT2D eigenvalue weighted by Gasteiger charge is 2.31. The summed E-state index contributed by atoms with van der Waals surface area (Å²) in [6.45, 7) is 25.8. The molecule has 1 aliphatic carbocycles. The molecule has 0 spiro atoms. The molecule has 0 unspecified atom stereocenters. The number of ether oxygens (including phenoxy) is 1. The van der Waals surface area contributed by atoms with Crippen molar-refractivity contribution in [2.24, 2.45) is 4.99 Å². The first-order valence-corrected chi connectivity index (χ1v) is 17.2. The number of hydrogen-bond acceptors (Lipinski definition) is 4. The third kappa shape index (κ3) is 12.9. The molecule has 1 heterocycles. The number of benzene rings is 1. The Kier molecular flexibility index (Phi) is 16.5. The van der Waals surface area contributed by atoms with Gasteiger partial charge in [0.1, 0.15) is 17.2 Å². The summed E-state index contributed by atoms with van der Waals surface area (Å²) in [5, 5.41) is 0. The molecule has 3 rings (SSSR count). The minimum absolute atomic E-state index is 0.00110. The zero-order valence-corrected chi connectivity index (χ0v) is 30.5. The first-order valence-electron chi connectivity index (χ1n) is 17.2. The lowest BCUT2D eigenvalue weighted by Crippen LogP contribution is -2.54. The molecule has 0 aromatic heterocycles. The van der Waals surface area contributed by atoms with Crippen LogP contribution >= 0.6 is 0 Å². The summed E-state index contributed by atoms with van der Waals surface area (Å²) in [5.74, 6) is -1.31. The summed E-state index contributed by atoms with van der Waals surface area (Å²) in [6.07, 6.45) is 19.9. The summed E-state index contributed by atoms with van der Waals surface area (Å²) in [7, 11) is 0. The fourth-order valence-corrected chi connectivity index (χ4v) is 5.58. The van der Waals surface area contributed by atoms with Crippen molar-refractivity contribution in [2.45, 2.75) is 106 Å². The van der Waals surface area contributed by atoms with Gasteiger partial charge >= 0.3 is 6.09 Å². The average molecular weight is 662 g/mol. The van der Waals surface area contributed by atoms with Crippen molar-refractivity contribution < 1.29 is 18.3 Å². The lowest BCUT2D eigenvalue weighted by atomic mass is 9.90. The normalized spacial score (nSPS) is 17.3. The molecule has 1 aromatic rings. The van der Waals surface area contributed by atoms with Crippen molar-refractivity contribution >= 4 is 17.4 Å². The van der Waals surface area contributed by atoms with Gasteiger partial charge in [-0.2, -0.15) is 0 Å². The monoisotopic (exact) mass is 661 g/mol. The van der Waals surface area contributed by atoms with Crippen molar-refractivity contribution in [3.8, 4) is 0 Å². The molecule has 0 N–H and O–H groups in total. The van der Waals surface area contributed by atoms with Crippen molar-refractivity contribution in [1.82, 2.24) is 9.80 Å². The fraction of sp³-hybridized carbons (Fsp3) is 0.463. The van der Waals surface area contributed by atoms with Gasteiger partial charge in [0, 0.05) is 55.6 Å². The van der Waals surface area contributed by atoms with Crippen LogP contribution in [0.25, 0.3) is 5.57 Å². The van der Waals surface area contributed by atoms with E-state index in [9.17, 15) is 13.6 Å². The van der Waals surface area contributed by atoms with Crippen LogP contribution in [0.3, 0.4) is 0 Å². The van der Waals surface area contributed by atoms with Gasteiger partial charge in [-0.3, -0.25) is 4.99 Å². The van der Waals surface area contributed by atoms with Crippen LogP contribution < -0.4 is 0 Å². The Labute approximate surface area is 288 Å². The third-order valence-corrected chi connectivity index (χ3v) is 8.08. The van der Waals surface area contributed by atoms with Gasteiger partial charge in [-0.05, 0) is 88.8 Å². The Morgan fingerprint density at radius 3 is 2.25 bits per heavy atom. The second-order valence-electron chi connectivity index (χ2n) is 13.3. The smallest absolute Gasteiger partial charge is 0.410 e. The maximum atomic E-state index is 14.1. The standard InChI is InChI=1S/C36H45F2N3O2.C5H12/c1-9-29(17-12-11-14-28-15-13-16-28)34(33(39-10-2)20-25(3)30-21-31(37)23-32(38)22-30)27(5)41-19-18-40(24-26(41)4)35(42)43-36(6,7)8;1-3-5-4-2/h9-10,12-13,15-17,21-23,26H,2-3,11,14,18-20,24H2,1,4-8H3;3-5H2,1-2H3/b17-12+,29-9-,34-27+,39-33?;/t26-;/m0./s1. The lowest BCUT2D eigenvalue weighted by Gasteiger charge is -2.42. The molecular weight excluding hydrogens is 604 g/mol. The van der Waals surface area contributed by atoms with E-state index in [0.29, 0.717) is 36.5 Å². The molecule has 2 aliphatic rings. The van der Waals surface area contributed by atoms with Gasteiger partial charge in [0.15, 0.2) is 0 Å². The van der Waals surface area contributed by atoms with Crippen LogP contribution in [0.1, 0.15) is 99.5 Å². The highest BCUT2D eigenvalue weighted by atomic mass is 19.1. The van der Waals surface area contributed by atoms with E-state index in [0.717, 1.165) is 35.8 Å². The van der Waals surface area contributed by atoms with Gasteiger partial charge in [-0.25, -0.2) is 13.6 Å². The van der Waals surface area contributed by atoms with Crippen LogP contribution in [0, 0.1) is 11.6 Å².